The molecule has 4 heterocycles. The second kappa shape index (κ2) is 7.14. The molecule has 0 spiro atoms. The van der Waals surface area contributed by atoms with Gasteiger partial charge in [-0.3, -0.25) is 9.69 Å². The van der Waals surface area contributed by atoms with Crippen LogP contribution in [0.4, 0.5) is 10.5 Å². The number of carbonyl (C=O) groups is 2. The van der Waals surface area contributed by atoms with Gasteiger partial charge in [0.2, 0.25) is 5.91 Å². The molecule has 2 atom stereocenters. The smallest absolute Gasteiger partial charge is 0.415 e. The van der Waals surface area contributed by atoms with Crippen molar-refractivity contribution in [3.63, 3.8) is 0 Å². The average molecular weight is 406 g/mol. The summed E-state index contributed by atoms with van der Waals surface area (Å²) in [5.41, 5.74) is 2.46. The zero-order valence-corrected chi connectivity index (χ0v) is 16.1. The second-order valence-electron chi connectivity index (χ2n) is 7.04. The minimum Gasteiger partial charge on any atom is -0.489 e. The normalized spacial score (nSPS) is 19.5. The van der Waals surface area contributed by atoms with E-state index < -0.39 is 12.2 Å². The highest BCUT2D eigenvalue weighted by molar-refractivity contribution is 5.94. The molecule has 30 heavy (non-hydrogen) atoms. The zero-order chi connectivity index (χ0) is 20.7. The number of ether oxygens (including phenoxy) is 2. The molecule has 0 bridgehead atoms. The number of nitrogens with zero attached hydrogens (tertiary/aromatic N) is 5. The number of pyridine rings is 1. The Bertz CT molecular complexity index is 1100. The summed E-state index contributed by atoms with van der Waals surface area (Å²) in [6.45, 7) is 1.97. The van der Waals surface area contributed by atoms with Crippen LogP contribution in [0.25, 0.3) is 16.9 Å². The van der Waals surface area contributed by atoms with Crippen LogP contribution in [0.2, 0.25) is 0 Å². The van der Waals surface area contributed by atoms with E-state index in [1.807, 2.05) is 30.3 Å². The van der Waals surface area contributed by atoms with E-state index in [1.165, 1.54) is 13.3 Å². The molecular formula is C20H18N6O4. The van der Waals surface area contributed by atoms with E-state index in [-0.39, 0.29) is 25.1 Å². The van der Waals surface area contributed by atoms with E-state index in [0.29, 0.717) is 17.3 Å². The summed E-state index contributed by atoms with van der Waals surface area (Å²) in [6, 6.07) is 9.13. The van der Waals surface area contributed by atoms with Crippen molar-refractivity contribution in [2.75, 3.05) is 18.1 Å². The van der Waals surface area contributed by atoms with Gasteiger partial charge in [0.05, 0.1) is 12.2 Å². The van der Waals surface area contributed by atoms with Crippen molar-refractivity contribution in [2.24, 2.45) is 0 Å². The Hall–Kier alpha value is -3.95. The zero-order valence-electron chi connectivity index (χ0n) is 16.1. The van der Waals surface area contributed by atoms with Crippen molar-refractivity contribution in [2.45, 2.75) is 19.1 Å². The Morgan fingerprint density at radius 2 is 2.13 bits per heavy atom. The van der Waals surface area contributed by atoms with Gasteiger partial charge in [-0.15, -0.1) is 0 Å². The minimum atomic E-state index is -0.456. The quantitative estimate of drug-likeness (QED) is 0.700. The number of nitrogens with one attached hydrogen (secondary N) is 1. The summed E-state index contributed by atoms with van der Waals surface area (Å²) >= 11 is 0. The van der Waals surface area contributed by atoms with Gasteiger partial charge in [0.1, 0.15) is 37.2 Å². The third kappa shape index (κ3) is 3.11. The van der Waals surface area contributed by atoms with Gasteiger partial charge in [0.25, 0.3) is 0 Å². The predicted molar refractivity (Wildman–Crippen MR) is 105 cm³/mol. The molecule has 2 amide bonds. The summed E-state index contributed by atoms with van der Waals surface area (Å²) < 4.78 is 13.0. The van der Waals surface area contributed by atoms with Crippen LogP contribution in [0.15, 0.2) is 49.2 Å². The van der Waals surface area contributed by atoms with E-state index in [1.54, 1.807) is 22.1 Å². The lowest BCUT2D eigenvalue weighted by molar-refractivity contribution is -0.119. The lowest BCUT2D eigenvalue weighted by atomic mass is 10.0. The summed E-state index contributed by atoms with van der Waals surface area (Å²) in [6.07, 6.45) is 3.89. The largest absolute Gasteiger partial charge is 0.489 e. The van der Waals surface area contributed by atoms with Gasteiger partial charge >= 0.3 is 6.09 Å². The molecule has 10 heteroatoms. The van der Waals surface area contributed by atoms with Crippen LogP contribution in [0.5, 0.6) is 5.75 Å². The highest BCUT2D eigenvalue weighted by atomic mass is 16.6. The van der Waals surface area contributed by atoms with E-state index in [0.717, 1.165) is 11.1 Å². The Morgan fingerprint density at radius 1 is 1.27 bits per heavy atom. The summed E-state index contributed by atoms with van der Waals surface area (Å²) in [5, 5.41) is 6.76. The van der Waals surface area contributed by atoms with Gasteiger partial charge in [0.15, 0.2) is 5.82 Å². The van der Waals surface area contributed by atoms with Crippen LogP contribution >= 0.6 is 0 Å². The van der Waals surface area contributed by atoms with Crippen LogP contribution in [0.3, 0.4) is 0 Å². The monoisotopic (exact) mass is 406 g/mol. The van der Waals surface area contributed by atoms with Gasteiger partial charge in [-0.05, 0) is 29.8 Å². The van der Waals surface area contributed by atoms with Gasteiger partial charge in [-0.1, -0.05) is 6.07 Å². The Labute approximate surface area is 171 Å². The Kier molecular flexibility index (Phi) is 4.31. The predicted octanol–water partition coefficient (Wildman–Crippen LogP) is 1.55. The molecule has 2 unspecified atom stereocenters. The first-order chi connectivity index (χ1) is 14.6. The SMILES string of the molecule is CC(=O)NCC1OC(=O)N2c3ccc(-c4ccc(-n5cncn5)nc4)cc3OCC12. The molecule has 152 valence electrons. The fourth-order valence-electron chi connectivity index (χ4n) is 3.65. The number of fused-ring (bicyclic) bond motifs is 3. The Morgan fingerprint density at radius 3 is 2.87 bits per heavy atom. The van der Waals surface area contributed by atoms with Crippen molar-refractivity contribution >= 4 is 17.7 Å². The highest BCUT2D eigenvalue weighted by Gasteiger charge is 2.46. The first-order valence-corrected chi connectivity index (χ1v) is 9.43. The first-order valence-electron chi connectivity index (χ1n) is 9.43. The molecule has 0 aliphatic carbocycles. The molecule has 2 aromatic heterocycles. The summed E-state index contributed by atoms with van der Waals surface area (Å²) in [5.74, 6) is 1.09. The van der Waals surface area contributed by atoms with Crippen LogP contribution in [-0.4, -0.2) is 57.0 Å². The fourth-order valence-corrected chi connectivity index (χ4v) is 3.65. The maximum atomic E-state index is 12.4. The van der Waals surface area contributed by atoms with Crippen LogP contribution < -0.4 is 15.0 Å². The number of amides is 2. The van der Waals surface area contributed by atoms with E-state index >= 15 is 0 Å². The first kappa shape index (κ1) is 18.1. The van der Waals surface area contributed by atoms with Crippen molar-refractivity contribution < 1.29 is 19.1 Å². The van der Waals surface area contributed by atoms with Crippen LogP contribution in [-0.2, 0) is 9.53 Å². The van der Waals surface area contributed by atoms with Crippen molar-refractivity contribution in [3.8, 4) is 22.7 Å². The molecule has 1 aromatic carbocycles. The molecular weight excluding hydrogens is 388 g/mol. The molecule has 2 aliphatic rings. The second-order valence-corrected chi connectivity index (χ2v) is 7.04. The number of hydrogen-bond donors (Lipinski definition) is 1. The lowest BCUT2D eigenvalue weighted by Gasteiger charge is -2.31. The number of cyclic esters (lactones) is 1. The minimum absolute atomic E-state index is 0.172. The van der Waals surface area contributed by atoms with Gasteiger partial charge in [0, 0.05) is 18.7 Å². The number of aromatic nitrogens is 4. The summed E-state index contributed by atoms with van der Waals surface area (Å²) in [4.78, 5) is 33.6. The average Bonchev–Trinajstić information content (AvgIpc) is 3.40. The molecule has 3 aromatic rings. The number of benzene rings is 1. The molecule has 1 fully saturated rings. The van der Waals surface area contributed by atoms with Crippen molar-refractivity contribution in [3.05, 3.63) is 49.2 Å². The third-order valence-corrected chi connectivity index (χ3v) is 5.13. The molecule has 0 radical (unpaired) electrons. The van der Waals surface area contributed by atoms with Crippen molar-refractivity contribution in [1.29, 1.82) is 0 Å². The molecule has 1 N–H and O–H groups in total. The maximum Gasteiger partial charge on any atom is 0.415 e. The maximum absolute atomic E-state index is 12.4. The number of anilines is 1. The van der Waals surface area contributed by atoms with E-state index in [2.05, 4.69) is 20.4 Å². The van der Waals surface area contributed by atoms with Crippen LogP contribution in [0, 0.1) is 0 Å². The third-order valence-electron chi connectivity index (χ3n) is 5.13. The van der Waals surface area contributed by atoms with Crippen LogP contribution in [0.1, 0.15) is 6.92 Å². The topological polar surface area (TPSA) is 111 Å². The molecule has 1 saturated heterocycles. The molecule has 0 saturated carbocycles. The fraction of sp³-hybridized carbons (Fsp3) is 0.250. The van der Waals surface area contributed by atoms with Gasteiger partial charge in [-0.25, -0.2) is 19.4 Å². The number of hydrogen-bond acceptors (Lipinski definition) is 7. The number of carbonyl (C=O) groups excluding carboxylic acids is 2. The van der Waals surface area contributed by atoms with E-state index in [9.17, 15) is 9.59 Å². The molecule has 10 nitrogen and oxygen atoms in total. The molecule has 2 aliphatic heterocycles. The molecule has 5 rings (SSSR count). The Balaban J connectivity index is 1.39. The highest BCUT2D eigenvalue weighted by Crippen LogP contribution is 2.40. The lowest BCUT2D eigenvalue weighted by Crippen LogP contribution is -2.47. The standard InChI is InChI=1S/C20H18N6O4/c1-12(27)22-8-18-16-9-29-17-6-13(2-4-15(17)26(16)20(28)30-18)14-3-5-19(23-7-14)25-11-21-10-24-25/h2-7,10-11,16,18H,8-9H2,1H3,(H,22,27). The number of rotatable bonds is 4. The van der Waals surface area contributed by atoms with Gasteiger partial charge in [-0.2, -0.15) is 5.10 Å². The van der Waals surface area contributed by atoms with E-state index in [4.69, 9.17) is 9.47 Å². The van der Waals surface area contributed by atoms with Gasteiger partial charge < -0.3 is 14.8 Å². The van der Waals surface area contributed by atoms with Crippen molar-refractivity contribution in [1.82, 2.24) is 25.1 Å². The summed E-state index contributed by atoms with van der Waals surface area (Å²) in [7, 11) is 0.